The molecule has 1 aliphatic carbocycles. The third kappa shape index (κ3) is 5.11. The van der Waals surface area contributed by atoms with Crippen LogP contribution < -0.4 is 4.52 Å². The molecule has 0 aromatic heterocycles. The van der Waals surface area contributed by atoms with E-state index in [4.69, 9.17) is 20.6 Å². The third-order valence-corrected chi connectivity index (χ3v) is 6.15. The van der Waals surface area contributed by atoms with Crippen molar-refractivity contribution in [3.63, 3.8) is 0 Å². The first-order valence-corrected chi connectivity index (χ1v) is 10.9. The number of phosphoric ester groups is 1. The van der Waals surface area contributed by atoms with Gasteiger partial charge in [0.1, 0.15) is 5.75 Å². The first-order chi connectivity index (χ1) is 12.4. The Labute approximate surface area is 159 Å². The Morgan fingerprint density at radius 1 is 1.12 bits per heavy atom. The quantitative estimate of drug-likeness (QED) is 0.557. The van der Waals surface area contributed by atoms with E-state index in [1.807, 2.05) is 18.2 Å². The maximum atomic E-state index is 12.2. The zero-order valence-corrected chi connectivity index (χ0v) is 16.5. The SMILES string of the molecule is CC(OP(=O)(O)Oc1ccccc1)c1ccc(C2CCCCC2)c(Cl)c1. The Bertz CT molecular complexity index is 775. The first kappa shape index (κ1) is 19.4. The summed E-state index contributed by atoms with van der Waals surface area (Å²) >= 11 is 6.49. The fraction of sp³-hybridized carbons (Fsp3) is 0.400. The van der Waals surface area contributed by atoms with Crippen LogP contribution in [0, 0.1) is 0 Å². The number of hydrogen-bond donors (Lipinski definition) is 1. The summed E-state index contributed by atoms with van der Waals surface area (Å²) in [5, 5.41) is 0.696. The van der Waals surface area contributed by atoms with Crippen molar-refractivity contribution in [2.24, 2.45) is 0 Å². The smallest absolute Gasteiger partial charge is 0.404 e. The fourth-order valence-corrected chi connectivity index (χ4v) is 4.73. The van der Waals surface area contributed by atoms with Crippen LogP contribution in [0.25, 0.3) is 0 Å². The van der Waals surface area contributed by atoms with E-state index < -0.39 is 13.9 Å². The average Bonchev–Trinajstić information content (AvgIpc) is 2.62. The zero-order valence-electron chi connectivity index (χ0n) is 14.8. The van der Waals surface area contributed by atoms with E-state index in [-0.39, 0.29) is 5.75 Å². The summed E-state index contributed by atoms with van der Waals surface area (Å²) < 4.78 is 22.6. The van der Waals surface area contributed by atoms with E-state index in [2.05, 4.69) is 0 Å². The molecule has 1 aliphatic rings. The molecule has 26 heavy (non-hydrogen) atoms. The monoisotopic (exact) mass is 394 g/mol. The van der Waals surface area contributed by atoms with Crippen molar-refractivity contribution in [3.8, 4) is 5.75 Å². The highest BCUT2D eigenvalue weighted by Crippen LogP contribution is 2.48. The van der Waals surface area contributed by atoms with Crippen LogP contribution in [0.1, 0.15) is 62.2 Å². The van der Waals surface area contributed by atoms with Crippen LogP contribution in [-0.2, 0) is 9.09 Å². The maximum Gasteiger partial charge on any atom is 0.528 e. The van der Waals surface area contributed by atoms with Gasteiger partial charge in [-0.1, -0.05) is 61.2 Å². The molecule has 140 valence electrons. The van der Waals surface area contributed by atoms with E-state index in [9.17, 15) is 9.46 Å². The number of benzene rings is 2. The summed E-state index contributed by atoms with van der Waals surface area (Å²) in [6.07, 6.45) is 5.50. The normalized spacial score (nSPS) is 18.9. The summed E-state index contributed by atoms with van der Waals surface area (Å²) in [6, 6.07) is 14.2. The summed E-state index contributed by atoms with van der Waals surface area (Å²) in [5.74, 6) is 0.795. The molecule has 0 saturated heterocycles. The lowest BCUT2D eigenvalue weighted by Gasteiger charge is -2.24. The van der Waals surface area contributed by atoms with Gasteiger partial charge in [0, 0.05) is 5.02 Å². The summed E-state index contributed by atoms with van der Waals surface area (Å²) in [4.78, 5) is 10.0. The number of hydrogen-bond acceptors (Lipinski definition) is 3. The molecule has 0 heterocycles. The minimum atomic E-state index is -4.23. The number of phosphoric acid groups is 1. The fourth-order valence-electron chi connectivity index (χ4n) is 3.44. The van der Waals surface area contributed by atoms with Gasteiger partial charge in [-0.15, -0.1) is 0 Å². The highest BCUT2D eigenvalue weighted by atomic mass is 35.5. The van der Waals surface area contributed by atoms with Gasteiger partial charge in [0.2, 0.25) is 0 Å². The second-order valence-corrected chi connectivity index (χ2v) is 8.47. The lowest BCUT2D eigenvalue weighted by atomic mass is 9.83. The molecule has 2 aromatic rings. The highest BCUT2D eigenvalue weighted by molar-refractivity contribution is 7.47. The van der Waals surface area contributed by atoms with Crippen molar-refractivity contribution in [3.05, 3.63) is 64.7 Å². The van der Waals surface area contributed by atoms with Crippen molar-refractivity contribution in [1.29, 1.82) is 0 Å². The average molecular weight is 395 g/mol. The Morgan fingerprint density at radius 3 is 2.46 bits per heavy atom. The molecule has 2 atom stereocenters. The number of para-hydroxylation sites is 1. The van der Waals surface area contributed by atoms with Crippen LogP contribution in [0.5, 0.6) is 5.75 Å². The molecule has 1 saturated carbocycles. The predicted molar refractivity (Wildman–Crippen MR) is 104 cm³/mol. The van der Waals surface area contributed by atoms with Gasteiger partial charge in [-0.05, 0) is 55.0 Å². The molecule has 0 spiro atoms. The summed E-state index contributed by atoms with van der Waals surface area (Å²) in [6.45, 7) is 1.71. The molecule has 4 nitrogen and oxygen atoms in total. The topological polar surface area (TPSA) is 55.8 Å². The van der Waals surface area contributed by atoms with Crippen molar-refractivity contribution < 1.29 is 18.5 Å². The van der Waals surface area contributed by atoms with Gasteiger partial charge < -0.3 is 4.52 Å². The maximum absolute atomic E-state index is 12.2. The molecule has 1 fully saturated rings. The molecule has 0 bridgehead atoms. The number of halogens is 1. The van der Waals surface area contributed by atoms with Crippen LogP contribution in [-0.4, -0.2) is 4.89 Å². The second kappa shape index (κ2) is 8.58. The van der Waals surface area contributed by atoms with Gasteiger partial charge in [-0.2, -0.15) is 0 Å². The van der Waals surface area contributed by atoms with Gasteiger partial charge in [-0.3, -0.25) is 9.42 Å². The summed E-state index contributed by atoms with van der Waals surface area (Å²) in [5.41, 5.74) is 1.91. The Balaban J connectivity index is 1.68. The predicted octanol–water partition coefficient (Wildman–Crippen LogP) is 6.64. The standard InChI is InChI=1S/C20H24ClO4P/c1-15(24-26(22,23)25-18-10-6-3-7-11-18)17-12-13-19(20(21)14-17)16-8-4-2-5-9-16/h3,6-7,10-16H,2,4-5,8-9H2,1H3,(H,22,23). The molecule has 2 aromatic carbocycles. The largest absolute Gasteiger partial charge is 0.528 e. The summed E-state index contributed by atoms with van der Waals surface area (Å²) in [7, 11) is -4.23. The molecule has 0 aliphatic heterocycles. The lowest BCUT2D eigenvalue weighted by molar-refractivity contribution is 0.151. The van der Waals surface area contributed by atoms with E-state index in [0.717, 1.165) is 11.1 Å². The molecule has 6 heteroatoms. The number of rotatable bonds is 6. The van der Waals surface area contributed by atoms with Crippen molar-refractivity contribution >= 4 is 19.4 Å². The molecule has 1 N–H and O–H groups in total. The highest BCUT2D eigenvalue weighted by Gasteiger charge is 2.27. The van der Waals surface area contributed by atoms with Gasteiger partial charge >= 0.3 is 7.82 Å². The molecule has 0 amide bonds. The van der Waals surface area contributed by atoms with Crippen molar-refractivity contribution in [1.82, 2.24) is 0 Å². The molecular formula is C20H24ClO4P. The van der Waals surface area contributed by atoms with Crippen molar-refractivity contribution in [2.45, 2.75) is 51.0 Å². The zero-order chi connectivity index (χ0) is 18.6. The lowest BCUT2D eigenvalue weighted by Crippen LogP contribution is -2.07. The van der Waals surface area contributed by atoms with Crippen molar-refractivity contribution in [2.75, 3.05) is 0 Å². The Morgan fingerprint density at radius 2 is 1.81 bits per heavy atom. The van der Waals surface area contributed by atoms with Gasteiger partial charge in [0.05, 0.1) is 6.10 Å². The van der Waals surface area contributed by atoms with E-state index in [1.54, 1.807) is 37.3 Å². The van der Waals surface area contributed by atoms with E-state index in [0.29, 0.717) is 10.9 Å². The Kier molecular flexibility index (Phi) is 6.42. The molecular weight excluding hydrogens is 371 g/mol. The van der Waals surface area contributed by atoms with E-state index >= 15 is 0 Å². The third-order valence-electron chi connectivity index (χ3n) is 4.79. The van der Waals surface area contributed by atoms with Crippen LogP contribution in [0.4, 0.5) is 0 Å². The molecule has 2 unspecified atom stereocenters. The minimum Gasteiger partial charge on any atom is -0.404 e. The van der Waals surface area contributed by atoms with Crippen LogP contribution >= 0.6 is 19.4 Å². The van der Waals surface area contributed by atoms with Crippen LogP contribution in [0.2, 0.25) is 5.02 Å². The van der Waals surface area contributed by atoms with Gasteiger partial charge in [0.15, 0.2) is 0 Å². The van der Waals surface area contributed by atoms with E-state index in [1.165, 1.54) is 32.1 Å². The van der Waals surface area contributed by atoms with Gasteiger partial charge in [0.25, 0.3) is 0 Å². The van der Waals surface area contributed by atoms with Gasteiger partial charge in [-0.25, -0.2) is 4.57 Å². The minimum absolute atomic E-state index is 0.288. The molecule has 0 radical (unpaired) electrons. The first-order valence-electron chi connectivity index (χ1n) is 9.00. The van der Waals surface area contributed by atoms with Crippen LogP contribution in [0.15, 0.2) is 48.5 Å². The van der Waals surface area contributed by atoms with Crippen LogP contribution in [0.3, 0.4) is 0 Å². The second-order valence-electron chi connectivity index (χ2n) is 6.74. The Hall–Kier alpha value is -1.32. The molecule has 3 rings (SSSR count).